The molecule has 0 atom stereocenters. The lowest BCUT2D eigenvalue weighted by atomic mass is 10.1. The van der Waals surface area contributed by atoms with Crippen molar-refractivity contribution >= 4 is 34.9 Å². The molecule has 2 heterocycles. The summed E-state index contributed by atoms with van der Waals surface area (Å²) in [6.07, 6.45) is 3.14. The van der Waals surface area contributed by atoms with Crippen LogP contribution in [0.1, 0.15) is 27.2 Å². The van der Waals surface area contributed by atoms with Crippen molar-refractivity contribution in [2.24, 2.45) is 0 Å². The minimum Gasteiger partial charge on any atom is -0.467 e. The Morgan fingerprint density at radius 2 is 1.90 bits per heavy atom. The second-order valence-electron chi connectivity index (χ2n) is 6.78. The predicted octanol–water partition coefficient (Wildman–Crippen LogP) is 4.59. The van der Waals surface area contributed by atoms with Crippen molar-refractivity contribution in [1.82, 2.24) is 10.2 Å². The number of nitrogens with zero attached hydrogens (tertiary/aromatic N) is 1. The summed E-state index contributed by atoms with van der Waals surface area (Å²) in [6.45, 7) is 0.292. The van der Waals surface area contributed by atoms with Gasteiger partial charge in [-0.25, -0.2) is 4.39 Å². The maximum absolute atomic E-state index is 13.4. The van der Waals surface area contributed by atoms with Gasteiger partial charge >= 0.3 is 0 Å². The van der Waals surface area contributed by atoms with Crippen molar-refractivity contribution in [2.45, 2.75) is 13.1 Å². The van der Waals surface area contributed by atoms with Crippen LogP contribution in [-0.4, -0.2) is 22.0 Å². The third-order valence-corrected chi connectivity index (χ3v) is 5.48. The van der Waals surface area contributed by atoms with Gasteiger partial charge in [0.15, 0.2) is 0 Å². The van der Waals surface area contributed by atoms with E-state index in [1.54, 1.807) is 48.5 Å². The van der Waals surface area contributed by atoms with E-state index in [4.69, 9.17) is 4.42 Å². The molecule has 0 bridgehead atoms. The van der Waals surface area contributed by atoms with Crippen LogP contribution in [0.5, 0.6) is 0 Å². The molecule has 1 N–H and O–H groups in total. The van der Waals surface area contributed by atoms with E-state index in [2.05, 4.69) is 5.32 Å². The summed E-state index contributed by atoms with van der Waals surface area (Å²) in [4.78, 5) is 38.5. The molecule has 6 nitrogen and oxygen atoms in total. The first kappa shape index (κ1) is 20.6. The smallest absolute Gasteiger partial charge is 0.293 e. The van der Waals surface area contributed by atoms with Gasteiger partial charge in [-0.2, -0.15) is 0 Å². The first-order valence-electron chi connectivity index (χ1n) is 9.40. The van der Waals surface area contributed by atoms with Gasteiger partial charge in [0.2, 0.25) is 0 Å². The maximum Gasteiger partial charge on any atom is 0.293 e. The van der Waals surface area contributed by atoms with Gasteiger partial charge in [0.1, 0.15) is 11.6 Å². The van der Waals surface area contributed by atoms with Gasteiger partial charge in [0.05, 0.1) is 24.3 Å². The number of imide groups is 1. The van der Waals surface area contributed by atoms with E-state index in [1.807, 2.05) is 0 Å². The predicted molar refractivity (Wildman–Crippen MR) is 114 cm³/mol. The molecular weight excluding hydrogens is 419 g/mol. The van der Waals surface area contributed by atoms with Crippen molar-refractivity contribution in [3.63, 3.8) is 0 Å². The molecule has 3 amide bonds. The van der Waals surface area contributed by atoms with Gasteiger partial charge in [-0.1, -0.05) is 24.3 Å². The minimum atomic E-state index is -0.431. The summed E-state index contributed by atoms with van der Waals surface area (Å²) in [7, 11) is 0. The van der Waals surface area contributed by atoms with Crippen molar-refractivity contribution in [3.05, 3.63) is 100 Å². The fourth-order valence-corrected chi connectivity index (χ4v) is 3.86. The number of thioether (sulfide) groups is 1. The highest BCUT2D eigenvalue weighted by atomic mass is 32.2. The fourth-order valence-electron chi connectivity index (χ4n) is 3.02. The van der Waals surface area contributed by atoms with E-state index in [0.29, 0.717) is 22.5 Å². The molecule has 0 aliphatic carbocycles. The molecule has 4 rings (SSSR count). The van der Waals surface area contributed by atoms with Gasteiger partial charge in [-0.15, -0.1) is 0 Å². The number of carbonyl (C=O) groups is 3. The van der Waals surface area contributed by atoms with Crippen LogP contribution in [0, 0.1) is 5.82 Å². The lowest BCUT2D eigenvalue weighted by molar-refractivity contribution is -0.123. The van der Waals surface area contributed by atoms with Gasteiger partial charge in [0, 0.05) is 5.56 Å². The van der Waals surface area contributed by atoms with Crippen LogP contribution in [0.15, 0.2) is 76.2 Å². The Kier molecular flexibility index (Phi) is 5.99. The molecule has 156 valence electrons. The number of amides is 3. The molecule has 0 spiro atoms. The SMILES string of the molecule is O=C(NCc1ccco1)c1ccc(/C=C2\SC(=O)N(Cc3cccc(F)c3)C2=O)cc1. The van der Waals surface area contributed by atoms with Crippen LogP contribution in [0.2, 0.25) is 0 Å². The van der Waals surface area contributed by atoms with Crippen LogP contribution >= 0.6 is 11.8 Å². The third-order valence-electron chi connectivity index (χ3n) is 4.58. The third kappa shape index (κ3) is 4.92. The highest BCUT2D eigenvalue weighted by Crippen LogP contribution is 2.33. The summed E-state index contributed by atoms with van der Waals surface area (Å²) in [5.74, 6) is -0.454. The highest BCUT2D eigenvalue weighted by molar-refractivity contribution is 8.18. The van der Waals surface area contributed by atoms with Crippen molar-refractivity contribution < 1.29 is 23.2 Å². The molecule has 8 heteroatoms. The maximum atomic E-state index is 13.4. The molecule has 31 heavy (non-hydrogen) atoms. The minimum absolute atomic E-state index is 0.00848. The zero-order valence-electron chi connectivity index (χ0n) is 16.2. The van der Waals surface area contributed by atoms with E-state index in [-0.39, 0.29) is 23.9 Å². The number of furan rings is 1. The van der Waals surface area contributed by atoms with Crippen LogP contribution in [0.4, 0.5) is 9.18 Å². The Labute approximate surface area is 181 Å². The zero-order valence-corrected chi connectivity index (χ0v) is 17.0. The summed E-state index contributed by atoms with van der Waals surface area (Å²) >= 11 is 0.832. The summed E-state index contributed by atoms with van der Waals surface area (Å²) in [5, 5.41) is 2.35. The van der Waals surface area contributed by atoms with Gasteiger partial charge in [0.25, 0.3) is 17.1 Å². The zero-order chi connectivity index (χ0) is 21.8. The molecule has 3 aromatic rings. The Morgan fingerprint density at radius 3 is 2.61 bits per heavy atom. The van der Waals surface area contributed by atoms with Gasteiger partial charge in [-0.3, -0.25) is 19.3 Å². The average Bonchev–Trinajstić information content (AvgIpc) is 3.37. The first-order valence-corrected chi connectivity index (χ1v) is 10.2. The lowest BCUT2D eigenvalue weighted by Gasteiger charge is -2.12. The van der Waals surface area contributed by atoms with Crippen LogP contribution in [0.25, 0.3) is 6.08 Å². The average molecular weight is 436 g/mol. The summed E-state index contributed by atoms with van der Waals surface area (Å²) in [6, 6.07) is 16.0. The van der Waals surface area contributed by atoms with Gasteiger partial charge < -0.3 is 9.73 Å². The number of hydrogen-bond acceptors (Lipinski definition) is 5. The van der Waals surface area contributed by atoms with Crippen molar-refractivity contribution in [2.75, 3.05) is 0 Å². The van der Waals surface area contributed by atoms with E-state index in [1.165, 1.54) is 24.5 Å². The van der Waals surface area contributed by atoms with Crippen LogP contribution in [-0.2, 0) is 17.9 Å². The van der Waals surface area contributed by atoms with E-state index in [0.717, 1.165) is 16.7 Å². The Bertz CT molecular complexity index is 1160. The second-order valence-corrected chi connectivity index (χ2v) is 7.78. The molecular formula is C23H17FN2O4S. The van der Waals surface area contributed by atoms with Crippen molar-refractivity contribution in [1.29, 1.82) is 0 Å². The Hall–Kier alpha value is -3.65. The van der Waals surface area contributed by atoms with E-state index in [9.17, 15) is 18.8 Å². The molecule has 0 unspecified atom stereocenters. The van der Waals surface area contributed by atoms with E-state index >= 15 is 0 Å². The summed E-state index contributed by atoms with van der Waals surface area (Å²) < 4.78 is 18.5. The molecule has 1 aliphatic heterocycles. The fraction of sp³-hybridized carbons (Fsp3) is 0.0870. The normalized spacial score (nSPS) is 15.0. The largest absolute Gasteiger partial charge is 0.467 e. The Morgan fingerprint density at radius 1 is 1.10 bits per heavy atom. The molecule has 0 radical (unpaired) electrons. The monoisotopic (exact) mass is 436 g/mol. The van der Waals surface area contributed by atoms with Crippen LogP contribution in [0.3, 0.4) is 0 Å². The molecule has 1 saturated heterocycles. The number of benzene rings is 2. The molecule has 1 fully saturated rings. The number of rotatable bonds is 6. The number of halogens is 1. The first-order chi connectivity index (χ1) is 15.0. The molecule has 0 saturated carbocycles. The number of nitrogens with one attached hydrogen (secondary N) is 1. The standard InChI is InChI=1S/C23H17FN2O4S/c24-18-4-1-3-16(11-18)14-26-22(28)20(31-23(26)29)12-15-6-8-17(9-7-15)21(27)25-13-19-5-2-10-30-19/h1-12H,13-14H2,(H,25,27)/b20-12-. The number of carbonyl (C=O) groups excluding carboxylic acids is 3. The molecule has 1 aliphatic rings. The van der Waals surface area contributed by atoms with E-state index < -0.39 is 17.0 Å². The summed E-state index contributed by atoms with van der Waals surface area (Å²) in [5.41, 5.74) is 1.68. The quantitative estimate of drug-likeness (QED) is 0.572. The lowest BCUT2D eigenvalue weighted by Crippen LogP contribution is -2.27. The molecule has 2 aromatic carbocycles. The Balaban J connectivity index is 1.41. The van der Waals surface area contributed by atoms with Crippen molar-refractivity contribution in [3.8, 4) is 0 Å². The molecule has 1 aromatic heterocycles. The van der Waals surface area contributed by atoms with Crippen LogP contribution < -0.4 is 5.32 Å². The highest BCUT2D eigenvalue weighted by Gasteiger charge is 2.35. The second kappa shape index (κ2) is 9.01. The topological polar surface area (TPSA) is 79.6 Å². The number of hydrogen-bond donors (Lipinski definition) is 1. The van der Waals surface area contributed by atoms with Gasteiger partial charge in [-0.05, 0) is 65.4 Å².